The smallest absolute Gasteiger partial charge is 0.251 e. The van der Waals surface area contributed by atoms with Crippen LogP contribution in [0.2, 0.25) is 0 Å². The second-order valence-electron chi connectivity index (χ2n) is 8.08. The summed E-state index contributed by atoms with van der Waals surface area (Å²) in [6.45, 7) is 3.47. The molecule has 0 radical (unpaired) electrons. The molecule has 0 aliphatic rings. The van der Waals surface area contributed by atoms with Gasteiger partial charge in [0.15, 0.2) is 0 Å². The van der Waals surface area contributed by atoms with E-state index < -0.39 is 0 Å². The van der Waals surface area contributed by atoms with E-state index in [0.717, 1.165) is 30.0 Å². The van der Waals surface area contributed by atoms with Crippen molar-refractivity contribution in [1.82, 2.24) is 5.32 Å². The van der Waals surface area contributed by atoms with Gasteiger partial charge in [0.25, 0.3) is 5.91 Å². The number of unbranched alkanes of at least 4 members (excludes halogenated alkanes) is 3. The zero-order chi connectivity index (χ0) is 24.0. The first-order valence-electron chi connectivity index (χ1n) is 11.8. The van der Waals surface area contributed by atoms with Gasteiger partial charge in [-0.05, 0) is 54.4 Å². The highest BCUT2D eigenvalue weighted by Gasteiger charge is 2.08. The van der Waals surface area contributed by atoms with Crippen LogP contribution in [0.5, 0.6) is 5.75 Å². The third kappa shape index (κ3) is 8.62. The molecule has 0 saturated heterocycles. The topological polar surface area (TPSA) is 79.5 Å². The lowest BCUT2D eigenvalue weighted by Crippen LogP contribution is -2.24. The van der Waals surface area contributed by atoms with Crippen molar-refractivity contribution in [2.24, 2.45) is 0 Å². The van der Waals surface area contributed by atoms with Crippen LogP contribution in [0.25, 0.3) is 0 Å². The fraction of sp³-hybridized carbons (Fsp3) is 0.286. The van der Waals surface area contributed by atoms with Crippen molar-refractivity contribution in [1.29, 1.82) is 0 Å². The number of hydrogen-bond donors (Lipinski definition) is 3. The Bertz CT molecular complexity index is 1040. The maximum atomic E-state index is 12.5. The molecule has 0 saturated carbocycles. The second-order valence-corrected chi connectivity index (χ2v) is 8.08. The average Bonchev–Trinajstić information content (AvgIpc) is 2.87. The summed E-state index contributed by atoms with van der Waals surface area (Å²) in [7, 11) is 0. The molecule has 0 fully saturated rings. The van der Waals surface area contributed by atoms with E-state index in [2.05, 4.69) is 22.9 Å². The molecule has 6 nitrogen and oxygen atoms in total. The Hall–Kier alpha value is -3.80. The van der Waals surface area contributed by atoms with Crippen LogP contribution in [-0.4, -0.2) is 25.0 Å². The van der Waals surface area contributed by atoms with Crippen LogP contribution in [-0.2, 0) is 11.3 Å². The van der Waals surface area contributed by atoms with E-state index in [1.54, 1.807) is 24.3 Å². The van der Waals surface area contributed by atoms with E-state index in [9.17, 15) is 9.59 Å². The van der Waals surface area contributed by atoms with E-state index in [-0.39, 0.29) is 18.4 Å². The summed E-state index contributed by atoms with van der Waals surface area (Å²) in [4.78, 5) is 24.8. The van der Waals surface area contributed by atoms with Crippen molar-refractivity contribution in [3.63, 3.8) is 0 Å². The first-order valence-corrected chi connectivity index (χ1v) is 11.8. The van der Waals surface area contributed by atoms with Crippen molar-refractivity contribution in [3.05, 3.63) is 90.0 Å². The summed E-state index contributed by atoms with van der Waals surface area (Å²) in [5, 5.41) is 8.83. The maximum Gasteiger partial charge on any atom is 0.251 e. The van der Waals surface area contributed by atoms with E-state index in [0.29, 0.717) is 17.8 Å². The molecular weight excluding hydrogens is 426 g/mol. The molecule has 0 unspecified atom stereocenters. The second kappa shape index (κ2) is 13.7. The Balaban J connectivity index is 1.42. The molecule has 0 aromatic heterocycles. The Morgan fingerprint density at radius 3 is 2.38 bits per heavy atom. The normalized spacial score (nSPS) is 10.4. The summed E-state index contributed by atoms with van der Waals surface area (Å²) < 4.78 is 5.75. The van der Waals surface area contributed by atoms with Gasteiger partial charge in [-0.3, -0.25) is 9.59 Å². The first-order chi connectivity index (χ1) is 16.6. The van der Waals surface area contributed by atoms with E-state index in [4.69, 9.17) is 4.74 Å². The van der Waals surface area contributed by atoms with Crippen LogP contribution in [0, 0.1) is 0 Å². The number of rotatable bonds is 13. The number of ether oxygens (including phenoxy) is 1. The monoisotopic (exact) mass is 459 g/mol. The molecule has 0 aliphatic heterocycles. The van der Waals surface area contributed by atoms with Crippen molar-refractivity contribution in [3.8, 4) is 5.75 Å². The highest BCUT2D eigenvalue weighted by Crippen LogP contribution is 2.16. The summed E-state index contributed by atoms with van der Waals surface area (Å²) in [5.74, 6) is 0.442. The molecule has 34 heavy (non-hydrogen) atoms. The largest absolute Gasteiger partial charge is 0.494 e. The SMILES string of the molecule is CCCCCCOc1ccc(NCC(=O)Nc2cccc(C(=O)NCc3ccccc3)c2)cc1. The average molecular weight is 460 g/mol. The number of hydrogen-bond acceptors (Lipinski definition) is 4. The first kappa shape index (κ1) is 24.8. The third-order valence-corrected chi connectivity index (χ3v) is 5.28. The van der Waals surface area contributed by atoms with E-state index >= 15 is 0 Å². The van der Waals surface area contributed by atoms with Gasteiger partial charge in [0.1, 0.15) is 5.75 Å². The minimum atomic E-state index is -0.196. The van der Waals surface area contributed by atoms with E-state index in [1.165, 1.54) is 19.3 Å². The van der Waals surface area contributed by atoms with Crippen LogP contribution in [0.1, 0.15) is 48.5 Å². The van der Waals surface area contributed by atoms with Gasteiger partial charge in [-0.2, -0.15) is 0 Å². The van der Waals surface area contributed by atoms with Crippen molar-refractivity contribution < 1.29 is 14.3 Å². The van der Waals surface area contributed by atoms with Gasteiger partial charge >= 0.3 is 0 Å². The Labute approximate surface area is 201 Å². The molecule has 0 heterocycles. The maximum absolute atomic E-state index is 12.5. The van der Waals surface area contributed by atoms with Crippen LogP contribution >= 0.6 is 0 Å². The summed E-state index contributed by atoms with van der Waals surface area (Å²) >= 11 is 0. The molecule has 2 amide bonds. The van der Waals surface area contributed by atoms with Gasteiger partial charge in [0, 0.05) is 23.5 Å². The van der Waals surface area contributed by atoms with Gasteiger partial charge in [0.2, 0.25) is 5.91 Å². The Morgan fingerprint density at radius 1 is 0.824 bits per heavy atom. The molecule has 0 aliphatic carbocycles. The number of benzene rings is 3. The van der Waals surface area contributed by atoms with Crippen molar-refractivity contribution in [2.75, 3.05) is 23.8 Å². The molecule has 6 heteroatoms. The molecule has 3 aromatic carbocycles. The number of carbonyl (C=O) groups excluding carboxylic acids is 2. The number of nitrogens with one attached hydrogen (secondary N) is 3. The fourth-order valence-corrected chi connectivity index (χ4v) is 3.39. The molecule has 3 N–H and O–H groups in total. The van der Waals surface area contributed by atoms with Crippen molar-refractivity contribution in [2.45, 2.75) is 39.2 Å². The van der Waals surface area contributed by atoms with Gasteiger partial charge in [-0.1, -0.05) is 62.6 Å². The summed E-state index contributed by atoms with van der Waals surface area (Å²) in [6, 6.07) is 24.2. The molecule has 3 rings (SSSR count). The molecule has 178 valence electrons. The van der Waals surface area contributed by atoms with Crippen LogP contribution in [0.4, 0.5) is 11.4 Å². The quantitative estimate of drug-likeness (QED) is 0.290. The molecule has 0 spiro atoms. The Morgan fingerprint density at radius 2 is 1.62 bits per heavy atom. The van der Waals surface area contributed by atoms with Crippen molar-refractivity contribution >= 4 is 23.2 Å². The van der Waals surface area contributed by atoms with Gasteiger partial charge in [0.05, 0.1) is 13.2 Å². The number of anilines is 2. The van der Waals surface area contributed by atoms with Gasteiger partial charge in [-0.25, -0.2) is 0 Å². The third-order valence-electron chi connectivity index (χ3n) is 5.28. The minimum Gasteiger partial charge on any atom is -0.494 e. The highest BCUT2D eigenvalue weighted by atomic mass is 16.5. The highest BCUT2D eigenvalue weighted by molar-refractivity contribution is 5.98. The lowest BCUT2D eigenvalue weighted by atomic mass is 10.1. The number of amides is 2. The zero-order valence-electron chi connectivity index (χ0n) is 19.7. The van der Waals surface area contributed by atoms with Gasteiger partial charge < -0.3 is 20.7 Å². The molecule has 3 aromatic rings. The molecule has 0 atom stereocenters. The molecular formula is C28H33N3O3. The predicted molar refractivity (Wildman–Crippen MR) is 137 cm³/mol. The fourth-order valence-electron chi connectivity index (χ4n) is 3.39. The zero-order valence-corrected chi connectivity index (χ0v) is 19.7. The minimum absolute atomic E-state index is 0.113. The number of carbonyl (C=O) groups is 2. The van der Waals surface area contributed by atoms with Crippen LogP contribution in [0.3, 0.4) is 0 Å². The van der Waals surface area contributed by atoms with Gasteiger partial charge in [-0.15, -0.1) is 0 Å². The lowest BCUT2D eigenvalue weighted by Gasteiger charge is -2.11. The predicted octanol–water partition coefficient (Wildman–Crippen LogP) is 5.63. The standard InChI is InChI=1S/C28H33N3O3/c1-2-3-4-8-18-34-26-16-14-24(15-17-26)29-21-27(32)31-25-13-9-12-23(19-25)28(33)30-20-22-10-6-5-7-11-22/h5-7,9-17,19,29H,2-4,8,18,20-21H2,1H3,(H,30,33)(H,31,32). The van der Waals surface area contributed by atoms with Crippen LogP contribution < -0.4 is 20.7 Å². The summed E-state index contributed by atoms with van der Waals surface area (Å²) in [5.41, 5.74) is 2.93. The van der Waals surface area contributed by atoms with Crippen LogP contribution in [0.15, 0.2) is 78.9 Å². The summed E-state index contributed by atoms with van der Waals surface area (Å²) in [6.07, 6.45) is 4.69. The Kier molecular flexibility index (Phi) is 9.99. The lowest BCUT2D eigenvalue weighted by molar-refractivity contribution is -0.114. The molecule has 0 bridgehead atoms. The van der Waals surface area contributed by atoms with E-state index in [1.807, 2.05) is 54.6 Å².